The van der Waals surface area contributed by atoms with Gasteiger partial charge in [0.05, 0.1) is 0 Å². The van der Waals surface area contributed by atoms with Crippen LogP contribution in [0.2, 0.25) is 0 Å². The molecule has 0 aliphatic heterocycles. The molecule has 0 amide bonds. The Hall–Kier alpha value is -0.860. The monoisotopic (exact) mass is 276 g/mol. The summed E-state index contributed by atoms with van der Waals surface area (Å²) in [5.41, 5.74) is 1.57. The molecule has 0 fully saturated rings. The molecule has 20 heavy (non-hydrogen) atoms. The zero-order valence-electron chi connectivity index (χ0n) is 13.9. The van der Waals surface area contributed by atoms with Gasteiger partial charge in [-0.1, -0.05) is 50.1 Å². The standard InChI is InChI=1S/C18H32N2/c1-6-7-11-14-20(5)17(15-19-18(2,3)4)16-12-9-8-10-13-16/h8-10,12-13,17,19H,6-7,11,14-15H2,1-5H3. The van der Waals surface area contributed by atoms with Crippen molar-refractivity contribution in [2.75, 3.05) is 20.1 Å². The SMILES string of the molecule is CCCCCN(C)C(CNC(C)(C)C)c1ccccc1. The summed E-state index contributed by atoms with van der Waals surface area (Å²) in [5.74, 6) is 0. The fourth-order valence-electron chi connectivity index (χ4n) is 2.37. The number of hydrogen-bond donors (Lipinski definition) is 1. The van der Waals surface area contributed by atoms with Crippen molar-refractivity contribution < 1.29 is 0 Å². The molecule has 0 heterocycles. The quantitative estimate of drug-likeness (QED) is 0.715. The molecule has 1 rings (SSSR count). The van der Waals surface area contributed by atoms with E-state index in [9.17, 15) is 0 Å². The molecule has 1 aromatic carbocycles. The van der Waals surface area contributed by atoms with Crippen LogP contribution in [0.3, 0.4) is 0 Å². The van der Waals surface area contributed by atoms with E-state index in [-0.39, 0.29) is 5.54 Å². The summed E-state index contributed by atoms with van der Waals surface area (Å²) in [5, 5.41) is 3.65. The summed E-state index contributed by atoms with van der Waals surface area (Å²) in [6, 6.07) is 11.3. The van der Waals surface area contributed by atoms with Gasteiger partial charge in [0.15, 0.2) is 0 Å². The van der Waals surface area contributed by atoms with Gasteiger partial charge >= 0.3 is 0 Å². The van der Waals surface area contributed by atoms with Crippen LogP contribution in [0, 0.1) is 0 Å². The predicted molar refractivity (Wildman–Crippen MR) is 89.1 cm³/mol. The van der Waals surface area contributed by atoms with Crippen LogP contribution in [0.15, 0.2) is 30.3 Å². The van der Waals surface area contributed by atoms with Crippen molar-refractivity contribution in [3.8, 4) is 0 Å². The summed E-state index contributed by atoms with van der Waals surface area (Å²) in [4.78, 5) is 2.49. The summed E-state index contributed by atoms with van der Waals surface area (Å²) in [7, 11) is 2.25. The third-order valence-corrected chi connectivity index (χ3v) is 3.66. The second-order valence-corrected chi connectivity index (χ2v) is 6.75. The molecule has 0 aliphatic rings. The minimum Gasteiger partial charge on any atom is -0.310 e. The van der Waals surface area contributed by atoms with E-state index in [2.05, 4.69) is 75.3 Å². The van der Waals surface area contributed by atoms with Gasteiger partial charge in [0.25, 0.3) is 0 Å². The highest BCUT2D eigenvalue weighted by atomic mass is 15.2. The molecule has 0 bridgehead atoms. The summed E-state index contributed by atoms with van der Waals surface area (Å²) < 4.78 is 0. The van der Waals surface area contributed by atoms with Crippen LogP contribution in [-0.2, 0) is 0 Å². The second kappa shape index (κ2) is 8.43. The smallest absolute Gasteiger partial charge is 0.0469 e. The zero-order chi connectivity index (χ0) is 15.0. The normalized spacial score (nSPS) is 13.7. The number of likely N-dealkylation sites (N-methyl/N-ethyl adjacent to an activating group) is 1. The maximum Gasteiger partial charge on any atom is 0.0469 e. The maximum absolute atomic E-state index is 3.65. The van der Waals surface area contributed by atoms with E-state index < -0.39 is 0 Å². The molecule has 1 aromatic rings. The Morgan fingerprint density at radius 2 is 1.75 bits per heavy atom. The first-order valence-electron chi connectivity index (χ1n) is 7.94. The van der Waals surface area contributed by atoms with Crippen molar-refractivity contribution in [2.45, 2.75) is 58.5 Å². The van der Waals surface area contributed by atoms with E-state index in [4.69, 9.17) is 0 Å². The van der Waals surface area contributed by atoms with E-state index in [1.165, 1.54) is 31.4 Å². The summed E-state index contributed by atoms with van der Waals surface area (Å²) >= 11 is 0. The average molecular weight is 276 g/mol. The van der Waals surface area contributed by atoms with Gasteiger partial charge in [0.1, 0.15) is 0 Å². The van der Waals surface area contributed by atoms with E-state index in [1.54, 1.807) is 0 Å². The van der Waals surface area contributed by atoms with Gasteiger partial charge in [-0.2, -0.15) is 0 Å². The van der Waals surface area contributed by atoms with Gasteiger partial charge in [-0.05, 0) is 46.3 Å². The van der Waals surface area contributed by atoms with Gasteiger partial charge in [0, 0.05) is 18.1 Å². The maximum atomic E-state index is 3.65. The Balaban J connectivity index is 2.68. The number of rotatable bonds is 8. The molecule has 0 radical (unpaired) electrons. The fourth-order valence-corrected chi connectivity index (χ4v) is 2.37. The highest BCUT2D eigenvalue weighted by Gasteiger charge is 2.19. The van der Waals surface area contributed by atoms with Crippen molar-refractivity contribution in [1.29, 1.82) is 0 Å². The number of hydrogen-bond acceptors (Lipinski definition) is 2. The molecule has 0 aromatic heterocycles. The van der Waals surface area contributed by atoms with Crippen LogP contribution in [0.5, 0.6) is 0 Å². The molecule has 0 spiro atoms. The third-order valence-electron chi connectivity index (χ3n) is 3.66. The van der Waals surface area contributed by atoms with Gasteiger partial charge in [-0.25, -0.2) is 0 Å². The van der Waals surface area contributed by atoms with Crippen molar-refractivity contribution >= 4 is 0 Å². The Kier molecular flexibility index (Phi) is 7.25. The van der Waals surface area contributed by atoms with Gasteiger partial charge in [-0.15, -0.1) is 0 Å². The number of nitrogens with one attached hydrogen (secondary N) is 1. The number of benzene rings is 1. The van der Waals surface area contributed by atoms with Crippen molar-refractivity contribution in [3.05, 3.63) is 35.9 Å². The Labute approximate surface area is 125 Å². The van der Waals surface area contributed by atoms with Gasteiger partial charge in [-0.3, -0.25) is 4.90 Å². The van der Waals surface area contributed by atoms with Crippen LogP contribution >= 0.6 is 0 Å². The molecule has 114 valence electrons. The molecular formula is C18H32N2. The minimum absolute atomic E-state index is 0.164. The molecule has 1 N–H and O–H groups in total. The largest absolute Gasteiger partial charge is 0.310 e. The molecule has 2 heteroatoms. The lowest BCUT2D eigenvalue weighted by Gasteiger charge is -2.32. The first kappa shape index (κ1) is 17.2. The predicted octanol–water partition coefficient (Wildman–Crippen LogP) is 4.24. The van der Waals surface area contributed by atoms with E-state index in [0.717, 1.165) is 6.54 Å². The summed E-state index contributed by atoms with van der Waals surface area (Å²) in [6.07, 6.45) is 3.88. The average Bonchev–Trinajstić information content (AvgIpc) is 2.39. The van der Waals surface area contributed by atoms with Crippen molar-refractivity contribution in [1.82, 2.24) is 10.2 Å². The highest BCUT2D eigenvalue weighted by Crippen LogP contribution is 2.20. The Bertz CT molecular complexity index is 353. The third kappa shape index (κ3) is 6.53. The zero-order valence-corrected chi connectivity index (χ0v) is 13.9. The molecule has 0 saturated carbocycles. The van der Waals surface area contributed by atoms with Crippen LogP contribution in [0.4, 0.5) is 0 Å². The molecule has 1 unspecified atom stereocenters. The first-order valence-corrected chi connectivity index (χ1v) is 7.94. The van der Waals surface area contributed by atoms with Gasteiger partial charge in [0.2, 0.25) is 0 Å². The topological polar surface area (TPSA) is 15.3 Å². The van der Waals surface area contributed by atoms with Crippen LogP contribution in [-0.4, -0.2) is 30.6 Å². The van der Waals surface area contributed by atoms with E-state index >= 15 is 0 Å². The molecular weight excluding hydrogens is 244 g/mol. The van der Waals surface area contributed by atoms with Crippen molar-refractivity contribution in [3.63, 3.8) is 0 Å². The summed E-state index contributed by atoms with van der Waals surface area (Å²) in [6.45, 7) is 11.1. The van der Waals surface area contributed by atoms with Crippen LogP contribution in [0.25, 0.3) is 0 Å². The lowest BCUT2D eigenvalue weighted by atomic mass is 10.0. The lowest BCUT2D eigenvalue weighted by molar-refractivity contribution is 0.219. The van der Waals surface area contributed by atoms with E-state index in [0.29, 0.717) is 6.04 Å². The lowest BCUT2D eigenvalue weighted by Crippen LogP contribution is -2.42. The van der Waals surface area contributed by atoms with E-state index in [1.807, 2.05) is 0 Å². The first-order chi connectivity index (χ1) is 9.44. The Morgan fingerprint density at radius 1 is 1.10 bits per heavy atom. The number of unbranched alkanes of at least 4 members (excludes halogenated alkanes) is 2. The molecule has 1 atom stereocenters. The van der Waals surface area contributed by atoms with Crippen LogP contribution < -0.4 is 5.32 Å². The molecule has 0 aliphatic carbocycles. The molecule has 0 saturated heterocycles. The Morgan fingerprint density at radius 3 is 2.30 bits per heavy atom. The van der Waals surface area contributed by atoms with Crippen molar-refractivity contribution in [2.24, 2.45) is 0 Å². The second-order valence-electron chi connectivity index (χ2n) is 6.75. The molecule has 2 nitrogen and oxygen atoms in total. The van der Waals surface area contributed by atoms with Crippen LogP contribution in [0.1, 0.15) is 58.6 Å². The van der Waals surface area contributed by atoms with Gasteiger partial charge < -0.3 is 5.32 Å². The highest BCUT2D eigenvalue weighted by molar-refractivity contribution is 5.19. The fraction of sp³-hybridized carbons (Fsp3) is 0.667. The minimum atomic E-state index is 0.164. The number of nitrogens with zero attached hydrogens (tertiary/aromatic N) is 1.